The Labute approximate surface area is 87.5 Å². The molecule has 1 aromatic rings. The van der Waals surface area contributed by atoms with Gasteiger partial charge in [0.2, 0.25) is 6.33 Å². The van der Waals surface area contributed by atoms with Crippen molar-refractivity contribution in [3.05, 3.63) is 59.4 Å². The number of rotatable bonds is 4. The van der Waals surface area contributed by atoms with E-state index in [4.69, 9.17) is 15.3 Å². The lowest BCUT2D eigenvalue weighted by Crippen LogP contribution is -2.29. The van der Waals surface area contributed by atoms with Gasteiger partial charge in [-0.15, -0.1) is 0 Å². The van der Waals surface area contributed by atoms with Crippen molar-refractivity contribution in [3.63, 3.8) is 0 Å². The van der Waals surface area contributed by atoms with Crippen LogP contribution in [0.25, 0.3) is 0 Å². The smallest absolute Gasteiger partial charge is 0.244 e. The van der Waals surface area contributed by atoms with Gasteiger partial charge >= 0.3 is 0 Å². The zero-order valence-corrected chi connectivity index (χ0v) is 8.28. The molecule has 0 amide bonds. The zero-order chi connectivity index (χ0) is 11.7. The van der Waals surface area contributed by atoms with E-state index in [0.717, 1.165) is 13.1 Å². The molecule has 15 heavy (non-hydrogen) atoms. The third-order valence-electron chi connectivity index (χ3n) is 1.43. The normalized spacial score (nSPS) is 8.53. The van der Waals surface area contributed by atoms with Crippen LogP contribution in [0.2, 0.25) is 0 Å². The van der Waals surface area contributed by atoms with Gasteiger partial charge in [-0.3, -0.25) is 0 Å². The van der Waals surface area contributed by atoms with Gasteiger partial charge in [0.1, 0.15) is 25.5 Å². The van der Waals surface area contributed by atoms with Crippen molar-refractivity contribution >= 4 is 0 Å². The highest BCUT2D eigenvalue weighted by Crippen LogP contribution is 1.84. The van der Waals surface area contributed by atoms with Crippen molar-refractivity contribution in [1.82, 2.24) is 4.57 Å². The Morgan fingerprint density at radius 2 is 2.00 bits per heavy atom. The standard InChI is InChI=1S/C9H13N2.NO3/c1-3-5-10-7-8-11(9-10)6-4-2;2-1(3)4/h3-4,7-9H,1-2,5-6H2;/q+1;-1. The largest absolute Gasteiger partial charge is 0.356 e. The number of nitrogens with zero attached hydrogens (tertiary/aromatic N) is 3. The molecule has 0 saturated carbocycles. The van der Waals surface area contributed by atoms with Gasteiger partial charge in [0.05, 0.1) is 5.09 Å². The van der Waals surface area contributed by atoms with Gasteiger partial charge in [0.15, 0.2) is 0 Å². The zero-order valence-electron chi connectivity index (χ0n) is 8.28. The lowest BCUT2D eigenvalue weighted by molar-refractivity contribution is -0.686. The summed E-state index contributed by atoms with van der Waals surface area (Å²) >= 11 is 0. The molecule has 0 aliphatic rings. The number of aromatic nitrogens is 2. The number of imidazole rings is 1. The van der Waals surface area contributed by atoms with E-state index >= 15 is 0 Å². The molecule has 1 heterocycles. The van der Waals surface area contributed by atoms with Crippen molar-refractivity contribution in [3.8, 4) is 0 Å². The molecule has 0 atom stereocenters. The van der Waals surface area contributed by atoms with E-state index in [1.54, 1.807) is 0 Å². The fourth-order valence-corrected chi connectivity index (χ4v) is 0.953. The molecule has 1 aromatic heterocycles. The Morgan fingerprint density at radius 3 is 2.47 bits per heavy atom. The maximum atomic E-state index is 8.25. The number of hydrogen-bond donors (Lipinski definition) is 0. The first-order chi connectivity index (χ1) is 7.10. The Balaban J connectivity index is 0.000000423. The topological polar surface area (TPSA) is 75.0 Å². The predicted octanol–water partition coefficient (Wildman–Crippen LogP) is 0.908. The maximum Gasteiger partial charge on any atom is 0.244 e. The van der Waals surface area contributed by atoms with Crippen LogP contribution in [0.5, 0.6) is 0 Å². The van der Waals surface area contributed by atoms with Gasteiger partial charge in [-0.25, -0.2) is 9.13 Å². The van der Waals surface area contributed by atoms with Crippen LogP contribution < -0.4 is 4.57 Å². The van der Waals surface area contributed by atoms with Crippen LogP contribution in [0.1, 0.15) is 0 Å². The third-order valence-corrected chi connectivity index (χ3v) is 1.43. The minimum Gasteiger partial charge on any atom is -0.356 e. The van der Waals surface area contributed by atoms with Gasteiger partial charge in [-0.2, -0.15) is 0 Å². The van der Waals surface area contributed by atoms with Crippen LogP contribution in [0.15, 0.2) is 44.0 Å². The molecule has 0 spiro atoms. The second-order valence-corrected chi connectivity index (χ2v) is 2.61. The van der Waals surface area contributed by atoms with E-state index in [2.05, 4.69) is 22.3 Å². The summed E-state index contributed by atoms with van der Waals surface area (Å²) in [6.45, 7) is 9.05. The number of allylic oxidation sites excluding steroid dienone is 2. The summed E-state index contributed by atoms with van der Waals surface area (Å²) in [7, 11) is 0. The van der Waals surface area contributed by atoms with Gasteiger partial charge in [-0.05, 0) is 0 Å². The van der Waals surface area contributed by atoms with Crippen LogP contribution in [-0.4, -0.2) is 9.65 Å². The van der Waals surface area contributed by atoms with Crippen molar-refractivity contribution in [2.45, 2.75) is 13.1 Å². The summed E-state index contributed by atoms with van der Waals surface area (Å²) in [4.78, 5) is 8.25. The predicted molar refractivity (Wildman–Crippen MR) is 55.4 cm³/mol. The first-order valence-electron chi connectivity index (χ1n) is 4.18. The molecule has 0 aromatic carbocycles. The molecular formula is C9H13N3O3. The van der Waals surface area contributed by atoms with E-state index in [1.165, 1.54) is 0 Å². The summed E-state index contributed by atoms with van der Waals surface area (Å²) in [6, 6.07) is 0. The van der Waals surface area contributed by atoms with Crippen molar-refractivity contribution in [2.75, 3.05) is 0 Å². The lowest BCUT2D eigenvalue weighted by Gasteiger charge is -1.86. The molecule has 6 heteroatoms. The summed E-state index contributed by atoms with van der Waals surface area (Å²) in [6.07, 6.45) is 9.82. The maximum absolute atomic E-state index is 8.25. The van der Waals surface area contributed by atoms with Gasteiger partial charge in [0, 0.05) is 0 Å². The van der Waals surface area contributed by atoms with Crippen molar-refractivity contribution in [1.29, 1.82) is 0 Å². The second kappa shape index (κ2) is 7.31. The first-order valence-corrected chi connectivity index (χ1v) is 4.18. The minimum atomic E-state index is -1.75. The van der Waals surface area contributed by atoms with Gasteiger partial charge in [0.25, 0.3) is 0 Å². The molecule has 0 aliphatic carbocycles. The molecule has 0 bridgehead atoms. The summed E-state index contributed by atoms with van der Waals surface area (Å²) in [5.41, 5.74) is 0. The summed E-state index contributed by atoms with van der Waals surface area (Å²) < 4.78 is 4.13. The second-order valence-electron chi connectivity index (χ2n) is 2.61. The fraction of sp³-hybridized carbons (Fsp3) is 0.222. The van der Waals surface area contributed by atoms with E-state index < -0.39 is 5.09 Å². The molecule has 0 fully saturated rings. The third kappa shape index (κ3) is 7.00. The first kappa shape index (κ1) is 12.9. The van der Waals surface area contributed by atoms with Crippen molar-refractivity contribution in [2.24, 2.45) is 0 Å². The van der Waals surface area contributed by atoms with Crippen LogP contribution in [0.3, 0.4) is 0 Å². The quantitative estimate of drug-likeness (QED) is 0.321. The minimum absolute atomic E-state index is 0.865. The Bertz CT molecular complexity index is 305. The van der Waals surface area contributed by atoms with Crippen LogP contribution >= 0.6 is 0 Å². The fourth-order valence-electron chi connectivity index (χ4n) is 0.953. The average Bonchev–Trinajstić information content (AvgIpc) is 2.53. The molecule has 82 valence electrons. The molecule has 0 unspecified atom stereocenters. The van der Waals surface area contributed by atoms with E-state index in [0.29, 0.717) is 0 Å². The monoisotopic (exact) mass is 211 g/mol. The average molecular weight is 211 g/mol. The molecular weight excluding hydrogens is 198 g/mol. The van der Waals surface area contributed by atoms with Gasteiger partial charge in [-0.1, -0.05) is 25.3 Å². The Kier molecular flexibility index (Phi) is 6.28. The summed E-state index contributed by atoms with van der Waals surface area (Å²) in [5, 5.41) is 14.8. The molecule has 0 aliphatic heterocycles. The lowest BCUT2D eigenvalue weighted by atomic mass is 10.6. The highest BCUT2D eigenvalue weighted by molar-refractivity contribution is 4.74. The molecule has 6 nitrogen and oxygen atoms in total. The highest BCUT2D eigenvalue weighted by Gasteiger charge is 1.97. The van der Waals surface area contributed by atoms with Crippen LogP contribution in [0, 0.1) is 15.3 Å². The number of hydrogen-bond acceptors (Lipinski definition) is 3. The Morgan fingerprint density at radius 1 is 1.40 bits per heavy atom. The van der Waals surface area contributed by atoms with E-state index in [1.807, 2.05) is 30.9 Å². The van der Waals surface area contributed by atoms with E-state index in [-0.39, 0.29) is 0 Å². The van der Waals surface area contributed by atoms with Crippen LogP contribution in [-0.2, 0) is 13.1 Å². The highest BCUT2D eigenvalue weighted by atomic mass is 16.9. The summed E-state index contributed by atoms with van der Waals surface area (Å²) in [5.74, 6) is 0. The molecule has 0 saturated heterocycles. The Hall–Kier alpha value is -2.11. The van der Waals surface area contributed by atoms with E-state index in [9.17, 15) is 0 Å². The molecule has 0 N–H and O–H groups in total. The van der Waals surface area contributed by atoms with Crippen molar-refractivity contribution < 1.29 is 9.65 Å². The van der Waals surface area contributed by atoms with Crippen LogP contribution in [0.4, 0.5) is 0 Å². The molecule has 1 rings (SSSR count). The van der Waals surface area contributed by atoms with Gasteiger partial charge < -0.3 is 15.3 Å². The SMILES string of the molecule is C=CCn1cc[n+](CC=C)c1.O=[N+]([O-])[O-]. The molecule has 0 radical (unpaired) electrons.